The first-order valence-corrected chi connectivity index (χ1v) is 8.45. The largest absolute Gasteiger partial charge is 0.340 e. The van der Waals surface area contributed by atoms with Crippen LogP contribution in [0.5, 0.6) is 0 Å². The van der Waals surface area contributed by atoms with Gasteiger partial charge in [0, 0.05) is 7.05 Å². The summed E-state index contributed by atoms with van der Waals surface area (Å²) in [4.78, 5) is 11.2. The standard InChI is InChI=1S/C13H21N3O.CH4O3S/c1-13(2,3)11-7-5-10(6-8-11)9-16(14)12(17)15-4;1-5(2,3)4/h5-8H,9,14H2,1-4H3,(H,15,17);1H3,(H,2,3,4). The van der Waals surface area contributed by atoms with Gasteiger partial charge in [0.2, 0.25) is 0 Å². The van der Waals surface area contributed by atoms with Gasteiger partial charge in [-0.1, -0.05) is 45.0 Å². The van der Waals surface area contributed by atoms with E-state index in [-0.39, 0.29) is 11.4 Å². The van der Waals surface area contributed by atoms with Crippen LogP contribution in [0.4, 0.5) is 4.79 Å². The number of urea groups is 1. The van der Waals surface area contributed by atoms with Crippen molar-refractivity contribution in [3.05, 3.63) is 35.4 Å². The second-order valence-corrected chi connectivity index (χ2v) is 7.33. The van der Waals surface area contributed by atoms with Crippen LogP contribution in [0, 0.1) is 0 Å². The smallest absolute Gasteiger partial charge is 0.331 e. The van der Waals surface area contributed by atoms with E-state index >= 15 is 0 Å². The van der Waals surface area contributed by atoms with Crippen LogP contribution < -0.4 is 11.2 Å². The summed E-state index contributed by atoms with van der Waals surface area (Å²) in [5.41, 5.74) is 2.43. The fourth-order valence-corrected chi connectivity index (χ4v) is 1.52. The predicted octanol–water partition coefficient (Wildman–Crippen LogP) is 1.50. The molecule has 0 aliphatic heterocycles. The highest BCUT2D eigenvalue weighted by Gasteiger charge is 2.13. The average molecular weight is 331 g/mol. The summed E-state index contributed by atoms with van der Waals surface area (Å²) in [6.07, 6.45) is 0.715. The number of hydrogen-bond donors (Lipinski definition) is 3. The molecule has 0 unspecified atom stereocenters. The number of carbonyl (C=O) groups excluding carboxylic acids is 1. The van der Waals surface area contributed by atoms with E-state index in [1.54, 1.807) is 7.05 Å². The van der Waals surface area contributed by atoms with Gasteiger partial charge in [-0.15, -0.1) is 0 Å². The summed E-state index contributed by atoms with van der Waals surface area (Å²) in [5.74, 6) is 5.60. The number of benzene rings is 1. The molecule has 0 spiro atoms. The maximum Gasteiger partial charge on any atom is 0.331 e. The van der Waals surface area contributed by atoms with Crippen LogP contribution in [-0.2, 0) is 22.1 Å². The van der Waals surface area contributed by atoms with Crippen LogP contribution in [0.3, 0.4) is 0 Å². The Bertz CT molecular complexity index is 569. The molecule has 0 saturated heterocycles. The van der Waals surface area contributed by atoms with Crippen LogP contribution in [0.25, 0.3) is 0 Å². The van der Waals surface area contributed by atoms with Crippen LogP contribution in [0.15, 0.2) is 24.3 Å². The normalized spacial score (nSPS) is 11.2. The second kappa shape index (κ2) is 8.11. The molecule has 1 aromatic rings. The lowest BCUT2D eigenvalue weighted by Crippen LogP contribution is -2.42. The van der Waals surface area contributed by atoms with Crippen LogP contribution >= 0.6 is 0 Å². The van der Waals surface area contributed by atoms with Gasteiger partial charge in [-0.25, -0.2) is 10.6 Å². The zero-order chi connectivity index (χ0) is 17.6. The highest BCUT2D eigenvalue weighted by molar-refractivity contribution is 7.85. The molecule has 0 aromatic heterocycles. The number of hydrogen-bond acceptors (Lipinski definition) is 4. The third-order valence-corrected chi connectivity index (χ3v) is 2.65. The molecule has 0 fully saturated rings. The summed E-state index contributed by atoms with van der Waals surface area (Å²) in [7, 11) is -2.11. The molecular formula is C14H25N3O4S. The first-order chi connectivity index (χ1) is 9.84. The van der Waals surface area contributed by atoms with E-state index < -0.39 is 10.1 Å². The third-order valence-electron chi connectivity index (χ3n) is 2.65. The average Bonchev–Trinajstić information content (AvgIpc) is 2.35. The lowest BCUT2D eigenvalue weighted by atomic mass is 9.87. The Kier molecular flexibility index (Phi) is 7.51. The van der Waals surface area contributed by atoms with Crippen LogP contribution in [0.1, 0.15) is 31.9 Å². The van der Waals surface area contributed by atoms with Gasteiger partial charge in [-0.2, -0.15) is 8.42 Å². The molecule has 2 amide bonds. The Balaban J connectivity index is 0.000000763. The van der Waals surface area contributed by atoms with Crippen molar-refractivity contribution in [2.45, 2.75) is 32.7 Å². The van der Waals surface area contributed by atoms with E-state index in [0.29, 0.717) is 12.8 Å². The number of amides is 2. The van der Waals surface area contributed by atoms with Gasteiger partial charge in [-0.3, -0.25) is 9.56 Å². The molecule has 0 saturated carbocycles. The summed E-state index contributed by atoms with van der Waals surface area (Å²) < 4.78 is 25.9. The lowest BCUT2D eigenvalue weighted by Gasteiger charge is -2.20. The second-order valence-electron chi connectivity index (χ2n) is 5.86. The molecule has 0 aliphatic rings. The summed E-state index contributed by atoms with van der Waals surface area (Å²) >= 11 is 0. The van der Waals surface area contributed by atoms with Crippen LogP contribution in [-0.4, -0.2) is 37.3 Å². The van der Waals surface area contributed by atoms with Crippen molar-refractivity contribution in [1.29, 1.82) is 0 Å². The van der Waals surface area contributed by atoms with Gasteiger partial charge < -0.3 is 5.32 Å². The molecule has 1 aromatic carbocycles. The van der Waals surface area contributed by atoms with E-state index in [0.717, 1.165) is 10.6 Å². The molecule has 8 heteroatoms. The van der Waals surface area contributed by atoms with Crippen molar-refractivity contribution < 1.29 is 17.8 Å². The lowest BCUT2D eigenvalue weighted by molar-refractivity contribution is 0.198. The Morgan fingerprint density at radius 3 is 2.00 bits per heavy atom. The van der Waals surface area contributed by atoms with Gasteiger partial charge >= 0.3 is 6.03 Å². The van der Waals surface area contributed by atoms with E-state index in [1.165, 1.54) is 5.56 Å². The Morgan fingerprint density at radius 1 is 1.27 bits per heavy atom. The van der Waals surface area contributed by atoms with Gasteiger partial charge in [0.1, 0.15) is 0 Å². The van der Waals surface area contributed by atoms with Crippen molar-refractivity contribution in [3.8, 4) is 0 Å². The van der Waals surface area contributed by atoms with Gasteiger partial charge in [0.15, 0.2) is 0 Å². The molecular weight excluding hydrogens is 306 g/mol. The topological polar surface area (TPSA) is 113 Å². The van der Waals surface area contributed by atoms with Crippen LogP contribution in [0.2, 0.25) is 0 Å². The monoisotopic (exact) mass is 331 g/mol. The first kappa shape index (κ1) is 20.4. The molecule has 7 nitrogen and oxygen atoms in total. The van der Waals surface area contributed by atoms with E-state index in [2.05, 4.69) is 38.2 Å². The van der Waals surface area contributed by atoms with E-state index in [9.17, 15) is 13.2 Å². The van der Waals surface area contributed by atoms with Crippen molar-refractivity contribution in [1.82, 2.24) is 10.3 Å². The maximum atomic E-state index is 11.2. The zero-order valence-corrected chi connectivity index (χ0v) is 14.4. The number of carbonyl (C=O) groups is 1. The highest BCUT2D eigenvalue weighted by atomic mass is 32.2. The van der Waals surface area contributed by atoms with Crippen molar-refractivity contribution in [2.24, 2.45) is 5.84 Å². The molecule has 0 bridgehead atoms. The van der Waals surface area contributed by atoms with Gasteiger partial charge in [0.25, 0.3) is 10.1 Å². The van der Waals surface area contributed by atoms with E-state index in [1.807, 2.05) is 12.1 Å². The number of nitrogens with one attached hydrogen (secondary N) is 1. The quantitative estimate of drug-likeness (QED) is 0.329. The molecule has 0 heterocycles. The fourth-order valence-electron chi connectivity index (χ4n) is 1.52. The zero-order valence-electron chi connectivity index (χ0n) is 13.6. The fraction of sp³-hybridized carbons (Fsp3) is 0.500. The molecule has 126 valence electrons. The molecule has 0 atom stereocenters. The SMILES string of the molecule is CNC(=O)N(N)Cc1ccc(C(C)(C)C)cc1.CS(=O)(=O)O. The molecule has 4 N–H and O–H groups in total. The predicted molar refractivity (Wildman–Crippen MR) is 86.8 cm³/mol. The summed E-state index contributed by atoms with van der Waals surface area (Å²) in [6.45, 7) is 6.91. The molecule has 22 heavy (non-hydrogen) atoms. The molecule has 0 radical (unpaired) electrons. The van der Waals surface area contributed by atoms with Gasteiger partial charge in [0.05, 0.1) is 12.8 Å². The number of nitrogens with two attached hydrogens (primary N) is 1. The minimum absolute atomic E-state index is 0.141. The minimum atomic E-state index is -3.67. The minimum Gasteiger partial charge on any atom is -0.340 e. The summed E-state index contributed by atoms with van der Waals surface area (Å²) in [6, 6.07) is 7.87. The Labute approximate surface area is 132 Å². The molecule has 1 rings (SSSR count). The van der Waals surface area contributed by atoms with E-state index in [4.69, 9.17) is 10.4 Å². The third kappa shape index (κ3) is 9.32. The number of rotatable bonds is 2. The highest BCUT2D eigenvalue weighted by Crippen LogP contribution is 2.22. The molecule has 0 aliphatic carbocycles. The number of hydrazine groups is 1. The number of nitrogens with zero attached hydrogens (tertiary/aromatic N) is 1. The first-order valence-electron chi connectivity index (χ1n) is 6.60. The Hall–Kier alpha value is -1.64. The Morgan fingerprint density at radius 2 is 1.68 bits per heavy atom. The van der Waals surface area contributed by atoms with Gasteiger partial charge in [-0.05, 0) is 16.5 Å². The van der Waals surface area contributed by atoms with Crippen molar-refractivity contribution in [2.75, 3.05) is 13.3 Å². The maximum absolute atomic E-state index is 11.2. The van der Waals surface area contributed by atoms with Crippen molar-refractivity contribution in [3.63, 3.8) is 0 Å². The van der Waals surface area contributed by atoms with Crippen molar-refractivity contribution >= 4 is 16.1 Å². The summed E-state index contributed by atoms with van der Waals surface area (Å²) in [5, 5.41) is 3.64.